The third-order valence-electron chi connectivity index (χ3n) is 8.29. The van der Waals surface area contributed by atoms with Crippen LogP contribution in [0.1, 0.15) is 39.5 Å². The van der Waals surface area contributed by atoms with Crippen LogP contribution in [-0.2, 0) is 14.8 Å². The molecule has 5 rings (SSSR count). The Morgan fingerprint density at radius 1 is 1.03 bits per heavy atom. The van der Waals surface area contributed by atoms with Gasteiger partial charge < -0.3 is 19.7 Å². The van der Waals surface area contributed by atoms with E-state index in [2.05, 4.69) is 50.8 Å². The first-order valence-electron chi connectivity index (χ1n) is 13.9. The van der Waals surface area contributed by atoms with Crippen molar-refractivity contribution in [2.75, 3.05) is 45.2 Å². The lowest BCUT2D eigenvalue weighted by Gasteiger charge is -2.34. The molecule has 2 heterocycles. The zero-order chi connectivity index (χ0) is 27.7. The Hall–Kier alpha value is -2.95. The van der Waals surface area contributed by atoms with Gasteiger partial charge in [-0.2, -0.15) is 0 Å². The molecule has 0 unspecified atom stereocenters. The Morgan fingerprint density at radius 3 is 2.33 bits per heavy atom. The van der Waals surface area contributed by atoms with E-state index in [0.717, 1.165) is 37.3 Å². The second-order valence-electron chi connectivity index (χ2n) is 11.3. The average Bonchev–Trinajstić information content (AvgIpc) is 3.37. The summed E-state index contributed by atoms with van der Waals surface area (Å²) in [4.78, 5) is 27.4. The third kappa shape index (κ3) is 6.13. The fourth-order valence-corrected chi connectivity index (χ4v) is 6.80. The van der Waals surface area contributed by atoms with Gasteiger partial charge in [-0.05, 0) is 89.0 Å². The van der Waals surface area contributed by atoms with Gasteiger partial charge >= 0.3 is 0 Å². The van der Waals surface area contributed by atoms with Gasteiger partial charge in [-0.15, -0.1) is 0 Å². The van der Waals surface area contributed by atoms with Gasteiger partial charge in [0.05, 0.1) is 15.9 Å². The molecule has 1 aliphatic carbocycles. The number of likely N-dealkylation sites (N-methyl/N-ethyl adjacent to an activating group) is 1. The summed E-state index contributed by atoms with van der Waals surface area (Å²) in [5.74, 6) is 0.833. The molecule has 210 valence electrons. The second kappa shape index (κ2) is 11.3. The van der Waals surface area contributed by atoms with Gasteiger partial charge in [0, 0.05) is 62.5 Å². The van der Waals surface area contributed by atoms with Crippen LogP contribution >= 0.6 is 0 Å². The van der Waals surface area contributed by atoms with E-state index in [1.807, 2.05) is 20.9 Å². The van der Waals surface area contributed by atoms with Crippen LogP contribution < -0.4 is 9.62 Å². The van der Waals surface area contributed by atoms with Crippen molar-refractivity contribution in [1.82, 2.24) is 24.5 Å². The molecule has 9 nitrogen and oxygen atoms in total. The van der Waals surface area contributed by atoms with Crippen molar-refractivity contribution in [3.05, 3.63) is 42.5 Å². The first-order valence-corrected chi connectivity index (χ1v) is 15.4. The minimum absolute atomic E-state index is 0.0346. The van der Waals surface area contributed by atoms with Crippen LogP contribution in [0.25, 0.3) is 22.4 Å². The number of carbonyl (C=O) groups excluding carboxylic acids is 1. The number of nitrogens with one attached hydrogen (secondary N) is 2. The Balaban J connectivity index is 1.24. The molecule has 39 heavy (non-hydrogen) atoms. The van der Waals surface area contributed by atoms with Crippen LogP contribution in [0.3, 0.4) is 0 Å². The van der Waals surface area contributed by atoms with E-state index in [-0.39, 0.29) is 28.8 Å². The van der Waals surface area contributed by atoms with E-state index >= 15 is 0 Å². The lowest BCUT2D eigenvalue weighted by Crippen LogP contribution is -2.44. The van der Waals surface area contributed by atoms with Crippen LogP contribution in [-0.4, -0.2) is 86.5 Å². The molecule has 1 saturated carbocycles. The fraction of sp³-hybridized carbons (Fsp3) is 0.517. The summed E-state index contributed by atoms with van der Waals surface area (Å²) in [6.45, 7) is 8.15. The number of hydrogen-bond acceptors (Lipinski definition) is 6. The van der Waals surface area contributed by atoms with Crippen LogP contribution in [0.5, 0.6) is 0 Å². The molecule has 2 aliphatic rings. The molecule has 0 atom stereocenters. The number of H-pyrrole nitrogens is 1. The Morgan fingerprint density at radius 2 is 1.69 bits per heavy atom. The first-order chi connectivity index (χ1) is 18.6. The number of hydrogen-bond donors (Lipinski definition) is 2. The van der Waals surface area contributed by atoms with Crippen LogP contribution in [0, 0.1) is 5.92 Å². The van der Waals surface area contributed by atoms with E-state index in [9.17, 15) is 13.2 Å². The molecule has 1 amide bonds. The predicted octanol–water partition coefficient (Wildman–Crippen LogP) is 3.69. The van der Waals surface area contributed by atoms with E-state index in [1.54, 1.807) is 23.1 Å². The standard InChI is InChI=1S/C29H40N6O3S/c1-20(2)34(4)29(36)22-5-9-23(10-6-22)32-39(37,38)25-13-14-26-27(19-25)31-28(30-26)21-7-11-24(12-8-21)35-17-15-33(3)16-18-35/h7-8,11-14,19-20,22-23,32H,5-6,9-10,15-18H2,1-4H3,(H,30,31)/t22-,23-. The maximum atomic E-state index is 13.2. The van der Waals surface area contributed by atoms with E-state index in [4.69, 9.17) is 4.98 Å². The number of anilines is 1. The lowest BCUT2D eigenvalue weighted by atomic mass is 9.85. The van der Waals surface area contributed by atoms with Crippen molar-refractivity contribution in [2.24, 2.45) is 5.92 Å². The highest BCUT2D eigenvalue weighted by atomic mass is 32.2. The normalized spacial score (nSPS) is 21.0. The minimum Gasteiger partial charge on any atom is -0.369 e. The Bertz CT molecular complexity index is 1400. The number of aromatic nitrogens is 2. The summed E-state index contributed by atoms with van der Waals surface area (Å²) in [5, 5.41) is 0. The summed E-state index contributed by atoms with van der Waals surface area (Å²) in [7, 11) is 0.280. The molecule has 1 aliphatic heterocycles. The quantitative estimate of drug-likeness (QED) is 0.464. The molecule has 2 fully saturated rings. The number of piperazine rings is 1. The van der Waals surface area contributed by atoms with Crippen LogP contribution in [0.4, 0.5) is 5.69 Å². The number of rotatable bonds is 7. The number of sulfonamides is 1. The fourth-order valence-electron chi connectivity index (χ4n) is 5.47. The topological polar surface area (TPSA) is 102 Å². The van der Waals surface area contributed by atoms with Crippen molar-refractivity contribution >= 4 is 32.7 Å². The van der Waals surface area contributed by atoms with Crippen molar-refractivity contribution in [2.45, 2.75) is 56.5 Å². The van der Waals surface area contributed by atoms with Crippen LogP contribution in [0.2, 0.25) is 0 Å². The highest BCUT2D eigenvalue weighted by Gasteiger charge is 2.31. The summed E-state index contributed by atoms with van der Waals surface area (Å²) in [6, 6.07) is 13.4. The smallest absolute Gasteiger partial charge is 0.240 e. The van der Waals surface area contributed by atoms with Crippen molar-refractivity contribution in [1.29, 1.82) is 0 Å². The maximum absolute atomic E-state index is 13.2. The van der Waals surface area contributed by atoms with Gasteiger partial charge in [-0.25, -0.2) is 18.1 Å². The Labute approximate surface area is 231 Å². The number of benzene rings is 2. The second-order valence-corrected chi connectivity index (χ2v) is 13.0. The molecular weight excluding hydrogens is 512 g/mol. The molecule has 1 saturated heterocycles. The highest BCUT2D eigenvalue weighted by molar-refractivity contribution is 7.89. The number of nitrogens with zero attached hydrogens (tertiary/aromatic N) is 4. The molecular formula is C29H40N6O3S. The monoisotopic (exact) mass is 552 g/mol. The average molecular weight is 553 g/mol. The molecule has 2 N–H and O–H groups in total. The number of imidazole rings is 1. The number of carbonyl (C=O) groups is 1. The van der Waals surface area contributed by atoms with Gasteiger partial charge in [0.2, 0.25) is 15.9 Å². The summed E-state index contributed by atoms with van der Waals surface area (Å²) in [5.41, 5.74) is 3.57. The van der Waals surface area contributed by atoms with Gasteiger partial charge in [0.25, 0.3) is 0 Å². The zero-order valence-corrected chi connectivity index (χ0v) is 24.2. The lowest BCUT2D eigenvalue weighted by molar-refractivity contribution is -0.136. The number of aromatic amines is 1. The Kier molecular flexibility index (Phi) is 7.98. The molecule has 10 heteroatoms. The minimum atomic E-state index is -3.70. The largest absolute Gasteiger partial charge is 0.369 e. The maximum Gasteiger partial charge on any atom is 0.240 e. The SMILES string of the molecule is CC(C)N(C)C(=O)[C@H]1CC[C@H](NS(=O)(=O)c2ccc3[nH]c(-c4ccc(N5CCN(C)CC5)cc4)nc3c2)CC1. The first kappa shape index (κ1) is 27.6. The summed E-state index contributed by atoms with van der Waals surface area (Å²) >= 11 is 0. The van der Waals surface area contributed by atoms with Gasteiger partial charge in [0.15, 0.2) is 0 Å². The van der Waals surface area contributed by atoms with Crippen molar-refractivity contribution < 1.29 is 13.2 Å². The van der Waals surface area contributed by atoms with Crippen molar-refractivity contribution in [3.8, 4) is 11.4 Å². The molecule has 1 aromatic heterocycles. The third-order valence-corrected chi connectivity index (χ3v) is 9.81. The van der Waals surface area contributed by atoms with Crippen molar-refractivity contribution in [3.63, 3.8) is 0 Å². The summed E-state index contributed by atoms with van der Waals surface area (Å²) < 4.78 is 29.3. The van der Waals surface area contributed by atoms with Gasteiger partial charge in [-0.1, -0.05) is 0 Å². The summed E-state index contributed by atoms with van der Waals surface area (Å²) in [6.07, 6.45) is 2.69. The molecule has 0 radical (unpaired) electrons. The van der Waals surface area contributed by atoms with Crippen LogP contribution in [0.15, 0.2) is 47.4 Å². The molecule has 3 aromatic rings. The number of amides is 1. The van der Waals surface area contributed by atoms with Gasteiger partial charge in [-0.3, -0.25) is 4.79 Å². The highest BCUT2D eigenvalue weighted by Crippen LogP contribution is 2.29. The zero-order valence-electron chi connectivity index (χ0n) is 23.4. The van der Waals surface area contributed by atoms with E-state index in [1.165, 1.54) is 5.69 Å². The van der Waals surface area contributed by atoms with E-state index < -0.39 is 10.0 Å². The number of fused-ring (bicyclic) bond motifs is 1. The predicted molar refractivity (Wildman–Crippen MR) is 155 cm³/mol. The van der Waals surface area contributed by atoms with E-state index in [0.29, 0.717) is 37.0 Å². The molecule has 2 aromatic carbocycles. The molecule has 0 bridgehead atoms. The van der Waals surface area contributed by atoms with Gasteiger partial charge in [0.1, 0.15) is 5.82 Å². The molecule has 0 spiro atoms.